The van der Waals surface area contributed by atoms with E-state index in [2.05, 4.69) is 15.6 Å². The predicted molar refractivity (Wildman–Crippen MR) is 128 cm³/mol. The molecular weight excluding hydrogens is 459 g/mol. The normalized spacial score (nSPS) is 21.3. The number of hydrogen-bond donors (Lipinski definition) is 3. The quantitative estimate of drug-likeness (QED) is 0.575. The van der Waals surface area contributed by atoms with Gasteiger partial charge in [0, 0.05) is 13.5 Å². The molecule has 1 aromatic heterocycles. The topological polar surface area (TPSA) is 112 Å². The number of amides is 3. The van der Waals surface area contributed by atoms with E-state index < -0.39 is 47.5 Å². The smallest absolute Gasteiger partial charge is 0.246 e. The lowest BCUT2D eigenvalue weighted by Gasteiger charge is -2.35. The van der Waals surface area contributed by atoms with Gasteiger partial charge in [0.2, 0.25) is 17.7 Å². The SMILES string of the molecule is CC(=O)NC(C(=O)N1C[C@H](O)[C@H](F)[C@H]1C(=O)NCc1ccc(-c2scnc2C)cc1)C(C)(C)C. The molecule has 10 heteroatoms. The summed E-state index contributed by atoms with van der Waals surface area (Å²) in [6.45, 7) is 8.32. The minimum atomic E-state index is -1.93. The third kappa shape index (κ3) is 5.61. The average molecular weight is 491 g/mol. The van der Waals surface area contributed by atoms with Crippen LogP contribution >= 0.6 is 11.3 Å². The first-order valence-electron chi connectivity index (χ1n) is 11.1. The molecule has 0 radical (unpaired) electrons. The Morgan fingerprint density at radius 1 is 1.26 bits per heavy atom. The van der Waals surface area contributed by atoms with Crippen molar-refractivity contribution in [3.05, 3.63) is 41.0 Å². The second-order valence-corrected chi connectivity index (χ2v) is 10.5. The molecular formula is C24H31FN4O4S. The number of aryl methyl sites for hydroxylation is 1. The van der Waals surface area contributed by atoms with Crippen molar-refractivity contribution in [1.82, 2.24) is 20.5 Å². The largest absolute Gasteiger partial charge is 0.388 e. The highest BCUT2D eigenvalue weighted by Crippen LogP contribution is 2.29. The minimum Gasteiger partial charge on any atom is -0.388 e. The summed E-state index contributed by atoms with van der Waals surface area (Å²) < 4.78 is 14.8. The van der Waals surface area contributed by atoms with Gasteiger partial charge < -0.3 is 20.6 Å². The monoisotopic (exact) mass is 490 g/mol. The molecule has 1 fully saturated rings. The highest BCUT2D eigenvalue weighted by molar-refractivity contribution is 7.13. The zero-order chi connectivity index (χ0) is 25.2. The van der Waals surface area contributed by atoms with Gasteiger partial charge >= 0.3 is 0 Å². The third-order valence-corrected chi connectivity index (χ3v) is 6.81. The third-order valence-electron chi connectivity index (χ3n) is 5.83. The maximum absolute atomic E-state index is 14.8. The molecule has 3 amide bonds. The van der Waals surface area contributed by atoms with Crippen LogP contribution in [0.25, 0.3) is 10.4 Å². The summed E-state index contributed by atoms with van der Waals surface area (Å²) in [5.41, 5.74) is 3.86. The van der Waals surface area contributed by atoms with Crippen LogP contribution in [0.15, 0.2) is 29.8 Å². The Morgan fingerprint density at radius 3 is 2.44 bits per heavy atom. The molecule has 2 aromatic rings. The van der Waals surface area contributed by atoms with Crippen LogP contribution in [0, 0.1) is 12.3 Å². The Hall–Kier alpha value is -2.85. The predicted octanol–water partition coefficient (Wildman–Crippen LogP) is 2.20. The number of aliphatic hydroxyl groups is 1. The van der Waals surface area contributed by atoms with Gasteiger partial charge in [0.15, 0.2) is 6.17 Å². The van der Waals surface area contributed by atoms with Crippen LogP contribution in [0.4, 0.5) is 4.39 Å². The lowest BCUT2D eigenvalue weighted by molar-refractivity contribution is -0.144. The maximum Gasteiger partial charge on any atom is 0.246 e. The summed E-state index contributed by atoms with van der Waals surface area (Å²) in [5.74, 6) is -1.72. The van der Waals surface area contributed by atoms with Gasteiger partial charge in [-0.15, -0.1) is 11.3 Å². The van der Waals surface area contributed by atoms with E-state index in [4.69, 9.17) is 0 Å². The Bertz CT molecular complexity index is 1050. The van der Waals surface area contributed by atoms with Gasteiger partial charge in [-0.05, 0) is 23.5 Å². The van der Waals surface area contributed by atoms with E-state index in [0.717, 1.165) is 26.6 Å². The van der Waals surface area contributed by atoms with E-state index in [9.17, 15) is 23.9 Å². The number of carbonyl (C=O) groups excluding carboxylic acids is 3. The molecule has 1 aliphatic heterocycles. The Balaban J connectivity index is 1.72. The van der Waals surface area contributed by atoms with Gasteiger partial charge in [-0.1, -0.05) is 45.0 Å². The molecule has 1 aliphatic rings. The summed E-state index contributed by atoms with van der Waals surface area (Å²) in [7, 11) is 0. The van der Waals surface area contributed by atoms with Gasteiger partial charge in [0.25, 0.3) is 0 Å². The fraction of sp³-hybridized carbons (Fsp3) is 0.500. The van der Waals surface area contributed by atoms with E-state index in [-0.39, 0.29) is 13.1 Å². The highest BCUT2D eigenvalue weighted by Gasteiger charge is 2.50. The molecule has 184 valence electrons. The molecule has 8 nitrogen and oxygen atoms in total. The van der Waals surface area contributed by atoms with Crippen molar-refractivity contribution < 1.29 is 23.9 Å². The standard InChI is InChI=1S/C24H31FN4O4S/c1-13-20(34-12-27-13)16-8-6-15(7-9-16)10-26-22(32)19-18(25)17(31)11-29(19)23(33)21(24(3,4)5)28-14(2)30/h6-9,12,17-19,21,31H,10-11H2,1-5H3,(H,26,32)(H,28,30)/t17-,18-,19-,21?/m0/s1. The minimum absolute atomic E-state index is 0.135. The number of aliphatic hydroxyl groups excluding tert-OH is 1. The summed E-state index contributed by atoms with van der Waals surface area (Å²) in [6, 6.07) is 5.12. The van der Waals surface area contributed by atoms with E-state index in [1.807, 2.05) is 31.2 Å². The van der Waals surface area contributed by atoms with Crippen molar-refractivity contribution in [2.45, 2.75) is 65.5 Å². The van der Waals surface area contributed by atoms with Crippen molar-refractivity contribution in [2.24, 2.45) is 5.41 Å². The van der Waals surface area contributed by atoms with Crippen molar-refractivity contribution in [1.29, 1.82) is 0 Å². The Morgan fingerprint density at radius 2 is 1.91 bits per heavy atom. The first-order chi connectivity index (χ1) is 15.9. The molecule has 1 aromatic carbocycles. The molecule has 1 saturated heterocycles. The van der Waals surface area contributed by atoms with Crippen LogP contribution in [0.1, 0.15) is 39.0 Å². The summed E-state index contributed by atoms with van der Waals surface area (Å²) in [5, 5.41) is 15.4. The number of likely N-dealkylation sites (tertiary alicyclic amines) is 1. The number of hydrogen-bond acceptors (Lipinski definition) is 6. The van der Waals surface area contributed by atoms with Gasteiger partial charge in [0.1, 0.15) is 18.2 Å². The maximum atomic E-state index is 14.8. The zero-order valence-electron chi connectivity index (χ0n) is 20.0. The van der Waals surface area contributed by atoms with Crippen LogP contribution in [0.5, 0.6) is 0 Å². The molecule has 0 saturated carbocycles. The molecule has 3 rings (SSSR count). The van der Waals surface area contributed by atoms with Crippen molar-refractivity contribution in [3.63, 3.8) is 0 Å². The summed E-state index contributed by atoms with van der Waals surface area (Å²) >= 11 is 1.54. The summed E-state index contributed by atoms with van der Waals surface area (Å²) in [4.78, 5) is 44.2. The molecule has 3 N–H and O–H groups in total. The molecule has 0 aliphatic carbocycles. The number of alkyl halides is 1. The van der Waals surface area contributed by atoms with E-state index >= 15 is 0 Å². The number of rotatable bonds is 6. The molecule has 2 heterocycles. The number of nitrogens with zero attached hydrogens (tertiary/aromatic N) is 2. The van der Waals surface area contributed by atoms with E-state index in [1.54, 1.807) is 37.6 Å². The van der Waals surface area contributed by atoms with Gasteiger partial charge in [-0.25, -0.2) is 9.37 Å². The number of nitrogens with one attached hydrogen (secondary N) is 2. The molecule has 0 bridgehead atoms. The zero-order valence-corrected chi connectivity index (χ0v) is 20.8. The number of aromatic nitrogens is 1. The number of halogens is 1. The van der Waals surface area contributed by atoms with Gasteiger partial charge in [-0.2, -0.15) is 0 Å². The number of carbonyl (C=O) groups is 3. The second-order valence-electron chi connectivity index (χ2n) is 9.63. The van der Waals surface area contributed by atoms with Crippen molar-refractivity contribution in [2.75, 3.05) is 6.54 Å². The second kappa shape index (κ2) is 10.2. The average Bonchev–Trinajstić information content (AvgIpc) is 3.32. The van der Waals surface area contributed by atoms with Gasteiger partial charge in [-0.3, -0.25) is 14.4 Å². The van der Waals surface area contributed by atoms with Crippen LogP contribution in [-0.4, -0.2) is 63.6 Å². The molecule has 1 unspecified atom stereocenters. The van der Waals surface area contributed by atoms with E-state index in [0.29, 0.717) is 0 Å². The first-order valence-corrected chi connectivity index (χ1v) is 11.9. The molecule has 4 atom stereocenters. The van der Waals surface area contributed by atoms with E-state index in [1.165, 1.54) is 6.92 Å². The number of thiazole rings is 1. The lowest BCUT2D eigenvalue weighted by Crippen LogP contribution is -2.58. The fourth-order valence-electron chi connectivity index (χ4n) is 3.98. The van der Waals surface area contributed by atoms with Crippen LogP contribution in [0.2, 0.25) is 0 Å². The van der Waals surface area contributed by atoms with Crippen LogP contribution < -0.4 is 10.6 Å². The molecule has 0 spiro atoms. The number of β-amino-alcohol motifs (C(OH)–C–C–N with tert-alkyl or cyclic N) is 1. The Kier molecular flexibility index (Phi) is 7.72. The first kappa shape index (κ1) is 25.8. The number of benzene rings is 1. The van der Waals surface area contributed by atoms with Crippen molar-refractivity contribution >= 4 is 29.1 Å². The Labute approximate surface area is 202 Å². The van der Waals surface area contributed by atoms with Gasteiger partial charge in [0.05, 0.1) is 22.6 Å². The fourth-order valence-corrected chi connectivity index (χ4v) is 4.79. The van der Waals surface area contributed by atoms with Crippen molar-refractivity contribution in [3.8, 4) is 10.4 Å². The summed E-state index contributed by atoms with van der Waals surface area (Å²) in [6.07, 6.45) is -3.42. The molecule has 34 heavy (non-hydrogen) atoms. The van der Waals surface area contributed by atoms with Crippen LogP contribution in [0.3, 0.4) is 0 Å². The van der Waals surface area contributed by atoms with Crippen LogP contribution in [-0.2, 0) is 20.9 Å². The lowest BCUT2D eigenvalue weighted by atomic mass is 9.85. The highest BCUT2D eigenvalue weighted by atomic mass is 32.1.